The number of amides is 2. The summed E-state index contributed by atoms with van der Waals surface area (Å²) in [6.45, 7) is 2.99. The summed E-state index contributed by atoms with van der Waals surface area (Å²) in [5, 5.41) is 3.84. The first-order valence-corrected chi connectivity index (χ1v) is 8.21. The number of rotatable bonds is 4. The number of carbonyl (C=O) groups is 2. The van der Waals surface area contributed by atoms with E-state index in [1.807, 2.05) is 6.92 Å². The summed E-state index contributed by atoms with van der Waals surface area (Å²) in [6.07, 6.45) is 0. The van der Waals surface area contributed by atoms with Gasteiger partial charge in [-0.2, -0.15) is 0 Å². The van der Waals surface area contributed by atoms with Gasteiger partial charge in [-0.1, -0.05) is 46.9 Å². The van der Waals surface area contributed by atoms with Gasteiger partial charge in [-0.25, -0.2) is 0 Å². The van der Waals surface area contributed by atoms with Crippen molar-refractivity contribution in [3.63, 3.8) is 0 Å². The Balaban J connectivity index is 2.20. The van der Waals surface area contributed by atoms with Crippen LogP contribution in [0.5, 0.6) is 0 Å². The van der Waals surface area contributed by atoms with Crippen LogP contribution in [-0.4, -0.2) is 18.4 Å². The molecule has 2 amide bonds. The molecule has 0 bridgehead atoms. The van der Waals surface area contributed by atoms with Crippen LogP contribution in [0.1, 0.15) is 12.5 Å². The summed E-state index contributed by atoms with van der Waals surface area (Å²) in [5.41, 5.74) is 1.76. The summed E-state index contributed by atoms with van der Waals surface area (Å²) in [5.74, 6) is -0.733. The predicted octanol–water partition coefficient (Wildman–Crippen LogP) is 4.95. The third-order valence-electron chi connectivity index (χ3n) is 3.34. The molecule has 1 N–H and O–H groups in total. The van der Waals surface area contributed by atoms with E-state index < -0.39 is 0 Å². The zero-order valence-electron chi connectivity index (χ0n) is 13.1. The fourth-order valence-corrected chi connectivity index (χ4v) is 2.89. The molecule has 0 aromatic heterocycles. The molecule has 0 fully saturated rings. The normalized spacial score (nSPS) is 10.4. The van der Waals surface area contributed by atoms with Gasteiger partial charge in [-0.05, 0) is 36.8 Å². The Kier molecular flexibility index (Phi) is 6.10. The van der Waals surface area contributed by atoms with Gasteiger partial charge in [0, 0.05) is 17.6 Å². The molecule has 2 aromatic carbocycles. The molecular formula is C17H15Cl3N2O2. The highest BCUT2D eigenvalue weighted by molar-refractivity contribution is 6.40. The third-order valence-corrected chi connectivity index (χ3v) is 4.36. The van der Waals surface area contributed by atoms with Crippen LogP contribution in [0.4, 0.5) is 11.4 Å². The summed E-state index contributed by atoms with van der Waals surface area (Å²) in [7, 11) is 0. The average Bonchev–Trinajstić information content (AvgIpc) is 2.49. The molecule has 0 radical (unpaired) electrons. The van der Waals surface area contributed by atoms with Crippen molar-refractivity contribution in [2.45, 2.75) is 13.8 Å². The van der Waals surface area contributed by atoms with Crippen LogP contribution in [0.2, 0.25) is 15.1 Å². The quantitative estimate of drug-likeness (QED) is 0.810. The average molecular weight is 386 g/mol. The van der Waals surface area contributed by atoms with Gasteiger partial charge in [0.05, 0.1) is 15.7 Å². The van der Waals surface area contributed by atoms with Crippen molar-refractivity contribution in [1.82, 2.24) is 0 Å². The smallest absolute Gasteiger partial charge is 0.244 e. The number of nitrogens with one attached hydrogen (secondary N) is 1. The van der Waals surface area contributed by atoms with Crippen LogP contribution >= 0.6 is 34.8 Å². The Hall–Kier alpha value is -1.75. The van der Waals surface area contributed by atoms with Gasteiger partial charge in [-0.3, -0.25) is 9.59 Å². The monoisotopic (exact) mass is 384 g/mol. The first-order valence-electron chi connectivity index (χ1n) is 7.07. The topological polar surface area (TPSA) is 49.4 Å². The second kappa shape index (κ2) is 7.88. The highest BCUT2D eigenvalue weighted by Crippen LogP contribution is 2.33. The Morgan fingerprint density at radius 3 is 2.21 bits per heavy atom. The molecule has 24 heavy (non-hydrogen) atoms. The molecule has 0 aliphatic carbocycles. The first-order chi connectivity index (χ1) is 11.3. The third kappa shape index (κ3) is 4.41. The Morgan fingerprint density at radius 2 is 1.67 bits per heavy atom. The van der Waals surface area contributed by atoms with Gasteiger partial charge in [0.25, 0.3) is 0 Å². The molecule has 0 saturated heterocycles. The minimum absolute atomic E-state index is 0.218. The van der Waals surface area contributed by atoms with Gasteiger partial charge < -0.3 is 10.2 Å². The van der Waals surface area contributed by atoms with Crippen LogP contribution in [0.3, 0.4) is 0 Å². The number of carbonyl (C=O) groups excluding carboxylic acids is 2. The highest BCUT2D eigenvalue weighted by atomic mass is 35.5. The van der Waals surface area contributed by atoms with E-state index in [9.17, 15) is 9.59 Å². The minimum Gasteiger partial charge on any atom is -0.324 e. The zero-order chi connectivity index (χ0) is 17.9. The number of hydrogen-bond acceptors (Lipinski definition) is 2. The lowest BCUT2D eigenvalue weighted by Crippen LogP contribution is -2.37. The number of aryl methyl sites for hydroxylation is 1. The first kappa shape index (κ1) is 18.6. The maximum atomic E-state index is 12.3. The van der Waals surface area contributed by atoms with Crippen molar-refractivity contribution in [2.24, 2.45) is 0 Å². The molecule has 0 unspecified atom stereocenters. The van der Waals surface area contributed by atoms with Crippen molar-refractivity contribution < 1.29 is 9.59 Å². The molecule has 2 aromatic rings. The number of anilines is 2. The van der Waals surface area contributed by atoms with Gasteiger partial charge in [-0.15, -0.1) is 0 Å². The number of halogens is 3. The molecular weight excluding hydrogens is 371 g/mol. The van der Waals surface area contributed by atoms with Gasteiger partial charge in [0.1, 0.15) is 6.54 Å². The van der Waals surface area contributed by atoms with Crippen molar-refractivity contribution in [3.8, 4) is 0 Å². The second-order valence-corrected chi connectivity index (χ2v) is 6.41. The SMILES string of the molecule is CC(=O)N(CC(=O)Nc1ccc(C)c(Cl)c1)c1c(Cl)cccc1Cl. The van der Waals surface area contributed by atoms with Crippen molar-refractivity contribution in [2.75, 3.05) is 16.8 Å². The fraction of sp³-hybridized carbons (Fsp3) is 0.176. The summed E-state index contributed by atoms with van der Waals surface area (Å²) < 4.78 is 0. The molecule has 0 saturated carbocycles. The van der Waals surface area contributed by atoms with Crippen LogP contribution in [0.15, 0.2) is 36.4 Å². The van der Waals surface area contributed by atoms with E-state index in [-0.39, 0.29) is 18.4 Å². The van der Waals surface area contributed by atoms with Crippen LogP contribution < -0.4 is 10.2 Å². The lowest BCUT2D eigenvalue weighted by atomic mass is 10.2. The van der Waals surface area contributed by atoms with Crippen molar-refractivity contribution in [1.29, 1.82) is 0 Å². The lowest BCUT2D eigenvalue weighted by Gasteiger charge is -2.23. The molecule has 0 aliphatic heterocycles. The molecule has 7 heteroatoms. The van der Waals surface area contributed by atoms with Crippen molar-refractivity contribution >= 4 is 58.0 Å². The molecule has 0 spiro atoms. The predicted molar refractivity (Wildman–Crippen MR) is 99.3 cm³/mol. The van der Waals surface area contributed by atoms with Crippen LogP contribution in [0, 0.1) is 6.92 Å². The van der Waals surface area contributed by atoms with Crippen molar-refractivity contribution in [3.05, 3.63) is 57.0 Å². The van der Waals surface area contributed by atoms with E-state index in [0.29, 0.717) is 26.4 Å². The zero-order valence-corrected chi connectivity index (χ0v) is 15.3. The fourth-order valence-electron chi connectivity index (χ4n) is 2.11. The van der Waals surface area contributed by atoms with E-state index in [1.54, 1.807) is 36.4 Å². The van der Waals surface area contributed by atoms with Crippen LogP contribution in [-0.2, 0) is 9.59 Å². The number of hydrogen-bond donors (Lipinski definition) is 1. The van der Waals surface area contributed by atoms with Crippen LogP contribution in [0.25, 0.3) is 0 Å². The van der Waals surface area contributed by atoms with E-state index in [2.05, 4.69) is 5.32 Å². The van der Waals surface area contributed by atoms with Gasteiger partial charge in [0.2, 0.25) is 11.8 Å². The van der Waals surface area contributed by atoms with E-state index >= 15 is 0 Å². The molecule has 0 atom stereocenters. The highest BCUT2D eigenvalue weighted by Gasteiger charge is 2.21. The Labute approximate surface area is 155 Å². The molecule has 0 heterocycles. The standard InChI is InChI=1S/C17H15Cl3N2O2/c1-10-6-7-12(8-15(10)20)21-16(24)9-22(11(2)23)17-13(18)4-3-5-14(17)19/h3-8H,9H2,1-2H3,(H,21,24). The summed E-state index contributed by atoms with van der Waals surface area (Å²) in [4.78, 5) is 25.5. The summed E-state index contributed by atoms with van der Waals surface area (Å²) >= 11 is 18.3. The Morgan fingerprint density at radius 1 is 1.04 bits per heavy atom. The maximum Gasteiger partial charge on any atom is 0.244 e. The second-order valence-electron chi connectivity index (χ2n) is 5.19. The number of benzene rings is 2. The maximum absolute atomic E-state index is 12.3. The number of nitrogens with zero attached hydrogens (tertiary/aromatic N) is 1. The van der Waals surface area contributed by atoms with E-state index in [0.717, 1.165) is 5.56 Å². The lowest BCUT2D eigenvalue weighted by molar-refractivity contribution is -0.120. The van der Waals surface area contributed by atoms with Gasteiger partial charge >= 0.3 is 0 Å². The molecule has 4 nitrogen and oxygen atoms in total. The molecule has 126 valence electrons. The molecule has 2 rings (SSSR count). The van der Waals surface area contributed by atoms with Gasteiger partial charge in [0.15, 0.2) is 0 Å². The Bertz CT molecular complexity index is 773. The molecule has 0 aliphatic rings. The van der Waals surface area contributed by atoms with E-state index in [4.69, 9.17) is 34.8 Å². The number of para-hydroxylation sites is 1. The largest absolute Gasteiger partial charge is 0.324 e. The van der Waals surface area contributed by atoms with E-state index in [1.165, 1.54) is 11.8 Å². The minimum atomic E-state index is -0.388. The summed E-state index contributed by atoms with van der Waals surface area (Å²) in [6, 6.07) is 10.1.